The maximum Gasteiger partial charge on any atom is 0.0429 e. The largest absolute Gasteiger partial charge is 0.259 e. The third kappa shape index (κ3) is 3.76. The highest BCUT2D eigenvalue weighted by atomic mass is 14.7. The molecule has 0 fully saturated rings. The smallest absolute Gasteiger partial charge is 0.0429 e. The summed E-state index contributed by atoms with van der Waals surface area (Å²) in [6, 6.07) is 0. The van der Waals surface area contributed by atoms with Gasteiger partial charge in [-0.2, -0.15) is 0 Å². The summed E-state index contributed by atoms with van der Waals surface area (Å²) < 4.78 is 0. The monoisotopic (exact) mass is 151 g/mol. The molecule has 0 amide bonds. The third-order valence-electron chi connectivity index (χ3n) is 1.50. The molecule has 0 saturated carbocycles. The Balaban J connectivity index is 4.39. The van der Waals surface area contributed by atoms with Crippen LogP contribution < -0.4 is 0 Å². The van der Waals surface area contributed by atoms with E-state index in [9.17, 15) is 0 Å². The van der Waals surface area contributed by atoms with Crippen LogP contribution in [0.15, 0.2) is 29.4 Å². The van der Waals surface area contributed by atoms with Crippen LogP contribution in [0.25, 0.3) is 0 Å². The zero-order valence-electron chi connectivity index (χ0n) is 7.78. The molecule has 62 valence electrons. The van der Waals surface area contributed by atoms with Crippen molar-refractivity contribution in [3.05, 3.63) is 24.4 Å². The van der Waals surface area contributed by atoms with Gasteiger partial charge in [-0.05, 0) is 25.3 Å². The summed E-state index contributed by atoms with van der Waals surface area (Å²) in [6.07, 6.45) is 1.92. The first-order chi connectivity index (χ1) is 5.11. The SMILES string of the molecule is C=C(C)N=C(CC)C(=C)CC. The van der Waals surface area contributed by atoms with Gasteiger partial charge in [-0.1, -0.05) is 27.0 Å². The zero-order chi connectivity index (χ0) is 8.85. The van der Waals surface area contributed by atoms with Gasteiger partial charge in [0.15, 0.2) is 0 Å². The van der Waals surface area contributed by atoms with Crippen molar-refractivity contribution >= 4 is 5.71 Å². The van der Waals surface area contributed by atoms with Gasteiger partial charge in [0, 0.05) is 11.4 Å². The van der Waals surface area contributed by atoms with Crippen molar-refractivity contribution in [2.24, 2.45) is 4.99 Å². The number of hydrogen-bond donors (Lipinski definition) is 0. The molecule has 0 aromatic carbocycles. The van der Waals surface area contributed by atoms with Crippen molar-refractivity contribution in [3.63, 3.8) is 0 Å². The molecule has 0 rings (SSSR count). The van der Waals surface area contributed by atoms with E-state index >= 15 is 0 Å². The third-order valence-corrected chi connectivity index (χ3v) is 1.50. The minimum Gasteiger partial charge on any atom is -0.259 e. The molecule has 1 nitrogen and oxygen atoms in total. The van der Waals surface area contributed by atoms with E-state index < -0.39 is 0 Å². The quantitative estimate of drug-likeness (QED) is 0.546. The Bertz CT molecular complexity index is 187. The van der Waals surface area contributed by atoms with Crippen LogP contribution in [0.1, 0.15) is 33.6 Å². The molecule has 0 bridgehead atoms. The predicted octanol–water partition coefficient (Wildman–Crippen LogP) is 3.34. The summed E-state index contributed by atoms with van der Waals surface area (Å²) in [5.41, 5.74) is 3.06. The Hall–Kier alpha value is -0.850. The van der Waals surface area contributed by atoms with Gasteiger partial charge in [-0.15, -0.1) is 0 Å². The Morgan fingerprint density at radius 3 is 2.00 bits per heavy atom. The molecule has 0 aromatic rings. The maximum absolute atomic E-state index is 4.29. The molecule has 0 N–H and O–H groups in total. The van der Waals surface area contributed by atoms with Crippen molar-refractivity contribution in [2.75, 3.05) is 0 Å². The van der Waals surface area contributed by atoms with Gasteiger partial charge in [-0.3, -0.25) is 4.99 Å². The molecular formula is C10H17N. The first-order valence-corrected chi connectivity index (χ1v) is 4.03. The minimum atomic E-state index is 0.858. The fraction of sp³-hybridized carbons (Fsp3) is 0.500. The van der Waals surface area contributed by atoms with Crippen LogP contribution in [0, 0.1) is 0 Å². The molecule has 11 heavy (non-hydrogen) atoms. The van der Waals surface area contributed by atoms with E-state index in [0.29, 0.717) is 0 Å². The van der Waals surface area contributed by atoms with Crippen molar-refractivity contribution in [1.29, 1.82) is 0 Å². The fourth-order valence-electron chi connectivity index (χ4n) is 0.843. The van der Waals surface area contributed by atoms with Gasteiger partial charge in [0.1, 0.15) is 0 Å². The molecule has 0 saturated heterocycles. The number of hydrogen-bond acceptors (Lipinski definition) is 1. The number of allylic oxidation sites excluding steroid dienone is 2. The first-order valence-electron chi connectivity index (χ1n) is 4.03. The highest BCUT2D eigenvalue weighted by Gasteiger charge is 1.98. The molecular weight excluding hydrogens is 134 g/mol. The minimum absolute atomic E-state index is 0.858. The summed E-state index contributed by atoms with van der Waals surface area (Å²) in [5, 5.41) is 0. The standard InChI is InChI=1S/C10H17N/c1-6-9(5)10(7-2)11-8(3)4/h3,5-7H2,1-2,4H3. The fourth-order valence-corrected chi connectivity index (χ4v) is 0.843. The van der Waals surface area contributed by atoms with Gasteiger partial charge in [-0.25, -0.2) is 0 Å². The molecule has 0 atom stereocenters. The van der Waals surface area contributed by atoms with Gasteiger partial charge in [0.05, 0.1) is 0 Å². The molecule has 0 spiro atoms. The topological polar surface area (TPSA) is 12.4 Å². The summed E-state index contributed by atoms with van der Waals surface area (Å²) >= 11 is 0. The van der Waals surface area contributed by atoms with Gasteiger partial charge < -0.3 is 0 Å². The van der Waals surface area contributed by atoms with Crippen LogP contribution in [-0.2, 0) is 0 Å². The van der Waals surface area contributed by atoms with E-state index in [-0.39, 0.29) is 0 Å². The summed E-state index contributed by atoms with van der Waals surface area (Å²) in [7, 11) is 0. The lowest BCUT2D eigenvalue weighted by Crippen LogP contribution is -1.98. The molecule has 1 heteroatoms. The second-order valence-corrected chi connectivity index (χ2v) is 2.60. The lowest BCUT2D eigenvalue weighted by Gasteiger charge is -2.03. The van der Waals surface area contributed by atoms with Crippen LogP contribution in [0.4, 0.5) is 0 Å². The van der Waals surface area contributed by atoms with E-state index in [1.165, 1.54) is 0 Å². The van der Waals surface area contributed by atoms with Gasteiger partial charge in [0.2, 0.25) is 0 Å². The average Bonchev–Trinajstić information content (AvgIpc) is 1.98. The normalized spacial score (nSPS) is 11.4. The van der Waals surface area contributed by atoms with Crippen LogP contribution in [-0.4, -0.2) is 5.71 Å². The van der Waals surface area contributed by atoms with E-state index in [4.69, 9.17) is 0 Å². The average molecular weight is 151 g/mol. The van der Waals surface area contributed by atoms with Crippen LogP contribution >= 0.6 is 0 Å². The van der Waals surface area contributed by atoms with E-state index in [2.05, 4.69) is 32.0 Å². The number of nitrogens with zero attached hydrogens (tertiary/aromatic N) is 1. The summed E-state index contributed by atoms with van der Waals surface area (Å²) in [5.74, 6) is 0. The summed E-state index contributed by atoms with van der Waals surface area (Å²) in [4.78, 5) is 4.29. The van der Waals surface area contributed by atoms with Crippen molar-refractivity contribution < 1.29 is 0 Å². The maximum atomic E-state index is 4.29. The van der Waals surface area contributed by atoms with Gasteiger partial charge in [0.25, 0.3) is 0 Å². The zero-order valence-corrected chi connectivity index (χ0v) is 7.78. The Labute approximate surface area is 69.5 Å². The van der Waals surface area contributed by atoms with Crippen LogP contribution in [0.2, 0.25) is 0 Å². The number of aliphatic imine (C=N–C) groups is 1. The van der Waals surface area contributed by atoms with E-state index in [0.717, 1.165) is 29.8 Å². The lowest BCUT2D eigenvalue weighted by molar-refractivity contribution is 1.13. The van der Waals surface area contributed by atoms with Crippen LogP contribution in [0.5, 0.6) is 0 Å². The highest BCUT2D eigenvalue weighted by Crippen LogP contribution is 2.06. The van der Waals surface area contributed by atoms with E-state index in [1.54, 1.807) is 0 Å². The molecule has 0 aliphatic heterocycles. The van der Waals surface area contributed by atoms with E-state index in [1.807, 2.05) is 6.92 Å². The second-order valence-electron chi connectivity index (χ2n) is 2.60. The Morgan fingerprint density at radius 2 is 1.73 bits per heavy atom. The first kappa shape index (κ1) is 10.2. The molecule has 0 aliphatic carbocycles. The Morgan fingerprint density at radius 1 is 1.18 bits per heavy atom. The highest BCUT2D eigenvalue weighted by molar-refractivity contribution is 5.99. The second kappa shape index (κ2) is 4.89. The van der Waals surface area contributed by atoms with Crippen molar-refractivity contribution in [1.82, 2.24) is 0 Å². The number of rotatable bonds is 4. The molecule has 0 radical (unpaired) electrons. The molecule has 0 aliphatic rings. The Kier molecular flexibility index (Phi) is 4.51. The molecule has 0 aromatic heterocycles. The van der Waals surface area contributed by atoms with Crippen molar-refractivity contribution in [3.8, 4) is 0 Å². The molecule has 0 unspecified atom stereocenters. The summed E-state index contributed by atoms with van der Waals surface area (Å²) in [6.45, 7) is 13.7. The lowest BCUT2D eigenvalue weighted by atomic mass is 10.1. The van der Waals surface area contributed by atoms with Crippen LogP contribution in [0.3, 0.4) is 0 Å². The predicted molar refractivity (Wildman–Crippen MR) is 52.0 cm³/mol. The van der Waals surface area contributed by atoms with Crippen molar-refractivity contribution in [2.45, 2.75) is 33.6 Å². The van der Waals surface area contributed by atoms with Gasteiger partial charge >= 0.3 is 0 Å². The molecule has 0 heterocycles.